The Morgan fingerprint density at radius 3 is 2.54 bits per heavy atom. The van der Waals surface area contributed by atoms with Crippen LogP contribution in [0.4, 0.5) is 0 Å². The minimum Gasteiger partial charge on any atom is -0.252 e. The summed E-state index contributed by atoms with van der Waals surface area (Å²) in [6.45, 7) is 1.83. The van der Waals surface area contributed by atoms with Gasteiger partial charge in [-0.3, -0.25) is 4.68 Å². The van der Waals surface area contributed by atoms with Crippen LogP contribution in [0.1, 0.15) is 11.4 Å². The lowest BCUT2D eigenvalue weighted by atomic mass is 10.3. The lowest BCUT2D eigenvalue weighted by Gasteiger charge is -1.95. The van der Waals surface area contributed by atoms with E-state index in [1.54, 1.807) is 11.7 Å². The number of aryl methyl sites for hydroxylation is 2. The van der Waals surface area contributed by atoms with Gasteiger partial charge in [-0.05, 0) is 6.92 Å². The van der Waals surface area contributed by atoms with Crippen LogP contribution < -0.4 is 0 Å². The molecule has 7 heteroatoms. The van der Waals surface area contributed by atoms with Crippen molar-refractivity contribution in [2.75, 3.05) is 5.75 Å². The molecule has 74 valence electrons. The average Bonchev–Trinajstić information content (AvgIpc) is 2.29. The van der Waals surface area contributed by atoms with Gasteiger partial charge in [-0.25, -0.2) is 8.42 Å². The number of hydrogen-bond donors (Lipinski definition) is 0. The molecule has 5 nitrogen and oxygen atoms in total. The van der Waals surface area contributed by atoms with Gasteiger partial charge in [0.05, 0.1) is 17.1 Å². The van der Waals surface area contributed by atoms with Crippen molar-refractivity contribution in [1.29, 1.82) is 0 Å². The topological polar surface area (TPSA) is 64.8 Å². The third-order valence-electron chi connectivity index (χ3n) is 1.79. The molecular weight excluding hydrogens is 214 g/mol. The molecule has 1 aromatic heterocycles. The van der Waals surface area contributed by atoms with Crippen LogP contribution in [-0.4, -0.2) is 29.2 Å². The molecule has 0 bridgehead atoms. The second kappa shape index (κ2) is 3.63. The van der Waals surface area contributed by atoms with E-state index in [1.807, 2.05) is 6.92 Å². The van der Waals surface area contributed by atoms with E-state index in [2.05, 4.69) is 10.3 Å². The molecule has 0 radical (unpaired) electrons. The Morgan fingerprint density at radius 2 is 2.15 bits per heavy atom. The molecule has 0 saturated carbocycles. The van der Waals surface area contributed by atoms with Crippen molar-refractivity contribution >= 4 is 19.7 Å². The maximum absolute atomic E-state index is 10.6. The van der Waals surface area contributed by atoms with E-state index in [-0.39, 0.29) is 5.75 Å². The van der Waals surface area contributed by atoms with E-state index in [1.165, 1.54) is 0 Å². The lowest BCUT2D eigenvalue weighted by Crippen LogP contribution is -2.03. The van der Waals surface area contributed by atoms with Crippen molar-refractivity contribution in [3.8, 4) is 0 Å². The van der Waals surface area contributed by atoms with Gasteiger partial charge in [0.1, 0.15) is 0 Å². The number of nitrogens with zero attached hydrogens (tertiary/aromatic N) is 3. The summed E-state index contributed by atoms with van der Waals surface area (Å²) < 4.78 is 22.9. The second-order valence-corrected chi connectivity index (χ2v) is 5.63. The maximum Gasteiger partial charge on any atom is 0.232 e. The molecule has 0 saturated heterocycles. The smallest absolute Gasteiger partial charge is 0.232 e. The molecule has 1 rings (SSSR count). The highest BCUT2D eigenvalue weighted by Crippen LogP contribution is 2.06. The third kappa shape index (κ3) is 2.96. The van der Waals surface area contributed by atoms with Crippen molar-refractivity contribution in [3.05, 3.63) is 11.4 Å². The fourth-order valence-electron chi connectivity index (χ4n) is 0.897. The zero-order valence-corrected chi connectivity index (χ0v) is 8.93. The van der Waals surface area contributed by atoms with Crippen LogP contribution in [0.5, 0.6) is 0 Å². The maximum atomic E-state index is 10.6. The van der Waals surface area contributed by atoms with Crippen LogP contribution in [-0.2, 0) is 22.5 Å². The van der Waals surface area contributed by atoms with Gasteiger partial charge in [-0.15, -0.1) is 5.10 Å². The fraction of sp³-hybridized carbons (Fsp3) is 0.667. The molecular formula is C6H10ClN3O2S. The molecule has 0 aliphatic rings. The summed E-state index contributed by atoms with van der Waals surface area (Å²) in [5.41, 5.74) is 1.53. The van der Waals surface area contributed by atoms with Crippen molar-refractivity contribution < 1.29 is 8.42 Å². The summed E-state index contributed by atoms with van der Waals surface area (Å²) in [7, 11) is 3.38. The van der Waals surface area contributed by atoms with Gasteiger partial charge in [0.25, 0.3) is 0 Å². The van der Waals surface area contributed by atoms with Gasteiger partial charge in [-0.1, -0.05) is 5.21 Å². The van der Waals surface area contributed by atoms with Gasteiger partial charge < -0.3 is 0 Å². The second-order valence-electron chi connectivity index (χ2n) is 2.74. The van der Waals surface area contributed by atoms with Gasteiger partial charge in [-0.2, -0.15) is 0 Å². The molecule has 0 aliphatic heterocycles. The summed E-state index contributed by atoms with van der Waals surface area (Å²) in [6, 6.07) is 0. The van der Waals surface area contributed by atoms with E-state index in [4.69, 9.17) is 10.7 Å². The molecule has 0 fully saturated rings. The van der Waals surface area contributed by atoms with E-state index in [0.717, 1.165) is 5.69 Å². The Balaban J connectivity index is 2.71. The molecule has 0 amide bonds. The van der Waals surface area contributed by atoms with Gasteiger partial charge in [0.15, 0.2) is 0 Å². The molecule has 1 aromatic rings. The molecule has 0 unspecified atom stereocenters. The molecule has 13 heavy (non-hydrogen) atoms. The van der Waals surface area contributed by atoms with Gasteiger partial charge in [0, 0.05) is 24.2 Å². The molecule has 0 atom stereocenters. The van der Waals surface area contributed by atoms with E-state index in [9.17, 15) is 8.42 Å². The van der Waals surface area contributed by atoms with Gasteiger partial charge >= 0.3 is 0 Å². The normalized spacial score (nSPS) is 11.9. The standard InChI is InChI=1S/C6H10ClN3O2S/c1-5-6(8-9-10(5)2)3-4-13(7,11)12/h3-4H2,1-2H3. The summed E-state index contributed by atoms with van der Waals surface area (Å²) >= 11 is 0. The molecule has 0 N–H and O–H groups in total. The van der Waals surface area contributed by atoms with Gasteiger partial charge in [0.2, 0.25) is 9.05 Å². The van der Waals surface area contributed by atoms with E-state index >= 15 is 0 Å². The first-order chi connectivity index (χ1) is 5.90. The zero-order valence-electron chi connectivity index (χ0n) is 7.36. The lowest BCUT2D eigenvalue weighted by molar-refractivity contribution is 0.608. The minimum atomic E-state index is -3.43. The predicted molar refractivity (Wildman–Crippen MR) is 49.1 cm³/mol. The van der Waals surface area contributed by atoms with Crippen LogP contribution in [0, 0.1) is 6.92 Å². The highest BCUT2D eigenvalue weighted by atomic mass is 35.7. The first kappa shape index (κ1) is 10.5. The van der Waals surface area contributed by atoms with Crippen molar-refractivity contribution in [1.82, 2.24) is 15.0 Å². The first-order valence-corrected chi connectivity index (χ1v) is 6.15. The average molecular weight is 224 g/mol. The SMILES string of the molecule is Cc1c(CCS(=O)(=O)Cl)nnn1C. The Morgan fingerprint density at radius 1 is 1.54 bits per heavy atom. The fourth-order valence-corrected chi connectivity index (χ4v) is 1.57. The number of hydrogen-bond acceptors (Lipinski definition) is 4. The van der Waals surface area contributed by atoms with Crippen LogP contribution in [0.15, 0.2) is 0 Å². The summed E-state index contributed by atoms with van der Waals surface area (Å²) in [5.74, 6) is -0.103. The zero-order chi connectivity index (χ0) is 10.1. The summed E-state index contributed by atoms with van der Waals surface area (Å²) in [5, 5.41) is 7.55. The highest BCUT2D eigenvalue weighted by molar-refractivity contribution is 8.13. The Bertz CT molecular complexity index is 398. The van der Waals surface area contributed by atoms with Crippen LogP contribution in [0.25, 0.3) is 0 Å². The van der Waals surface area contributed by atoms with Crippen molar-refractivity contribution in [3.63, 3.8) is 0 Å². The predicted octanol–water partition coefficient (Wildman–Crippen LogP) is 0.235. The van der Waals surface area contributed by atoms with Crippen LogP contribution in [0.3, 0.4) is 0 Å². The monoisotopic (exact) mass is 223 g/mol. The summed E-state index contributed by atoms with van der Waals surface area (Å²) in [4.78, 5) is 0. The first-order valence-electron chi connectivity index (χ1n) is 3.67. The van der Waals surface area contributed by atoms with Crippen LogP contribution >= 0.6 is 10.7 Å². The Kier molecular flexibility index (Phi) is 2.92. The van der Waals surface area contributed by atoms with Crippen LogP contribution in [0.2, 0.25) is 0 Å². The largest absolute Gasteiger partial charge is 0.252 e. The minimum absolute atomic E-state index is 0.103. The van der Waals surface area contributed by atoms with Crippen molar-refractivity contribution in [2.24, 2.45) is 7.05 Å². The summed E-state index contributed by atoms with van der Waals surface area (Å²) in [6.07, 6.45) is 0.311. The Hall–Kier alpha value is -0.620. The number of aromatic nitrogens is 3. The molecule has 0 aromatic carbocycles. The Labute approximate surface area is 81.1 Å². The van der Waals surface area contributed by atoms with Crippen molar-refractivity contribution in [2.45, 2.75) is 13.3 Å². The number of rotatable bonds is 3. The molecule has 1 heterocycles. The number of halogens is 1. The third-order valence-corrected chi connectivity index (χ3v) is 2.94. The van der Waals surface area contributed by atoms with E-state index in [0.29, 0.717) is 12.1 Å². The van der Waals surface area contributed by atoms with E-state index < -0.39 is 9.05 Å². The molecule has 0 aliphatic carbocycles. The molecule has 0 spiro atoms. The quantitative estimate of drug-likeness (QED) is 0.689. The highest BCUT2D eigenvalue weighted by Gasteiger charge is 2.10.